The average molecular weight is 258 g/mol. The van der Waals surface area contributed by atoms with Crippen molar-refractivity contribution in [3.8, 4) is 0 Å². The lowest BCUT2D eigenvalue weighted by molar-refractivity contribution is 0.623. The number of halogens is 1. The van der Waals surface area contributed by atoms with Gasteiger partial charge in [-0.25, -0.2) is 4.39 Å². The van der Waals surface area contributed by atoms with Crippen LogP contribution in [0, 0.1) is 16.3 Å². The fourth-order valence-corrected chi connectivity index (χ4v) is 2.41. The van der Waals surface area contributed by atoms with Crippen LogP contribution in [0.1, 0.15) is 17.0 Å². The van der Waals surface area contributed by atoms with E-state index < -0.39 is 0 Å². The summed E-state index contributed by atoms with van der Waals surface area (Å²) in [5, 5.41) is 3.43. The number of anilines is 1. The highest BCUT2D eigenvalue weighted by Crippen LogP contribution is 2.30. The van der Waals surface area contributed by atoms with Crippen molar-refractivity contribution in [2.45, 2.75) is 12.3 Å². The minimum absolute atomic E-state index is 0.169. The number of nitrogens with one attached hydrogen (secondary N) is 2. The Kier molecular flexibility index (Phi) is 4.23. The Bertz CT molecular complexity index is 542. The molecule has 2 aromatic rings. The zero-order valence-corrected chi connectivity index (χ0v) is 10.4. The second-order valence-corrected chi connectivity index (χ2v) is 4.49. The van der Waals surface area contributed by atoms with Crippen LogP contribution in [0.2, 0.25) is 0 Å². The quantitative estimate of drug-likeness (QED) is 0.762. The van der Waals surface area contributed by atoms with E-state index in [0.717, 1.165) is 13.0 Å². The maximum absolute atomic E-state index is 12.9. The predicted molar refractivity (Wildman–Crippen MR) is 73.9 cm³/mol. The van der Waals surface area contributed by atoms with E-state index in [9.17, 15) is 4.39 Å². The van der Waals surface area contributed by atoms with Gasteiger partial charge >= 0.3 is 0 Å². The molecule has 0 spiro atoms. The summed E-state index contributed by atoms with van der Waals surface area (Å²) in [6, 6.07) is 15.2. The van der Waals surface area contributed by atoms with E-state index in [0.29, 0.717) is 5.92 Å². The number of para-hydroxylation sites is 1. The van der Waals surface area contributed by atoms with Gasteiger partial charge in [0.15, 0.2) is 0 Å². The predicted octanol–water partition coefficient (Wildman–Crippen LogP) is 3.91. The first-order valence-electron chi connectivity index (χ1n) is 6.10. The van der Waals surface area contributed by atoms with Crippen molar-refractivity contribution in [1.82, 2.24) is 0 Å². The van der Waals surface area contributed by atoms with E-state index in [4.69, 9.17) is 4.91 Å². The van der Waals surface area contributed by atoms with Crippen molar-refractivity contribution in [2.75, 3.05) is 11.9 Å². The maximum Gasteiger partial charge on any atom is 0.123 e. The minimum Gasteiger partial charge on any atom is -0.384 e. The summed E-state index contributed by atoms with van der Waals surface area (Å²) in [6.45, 7) is 0.919. The molecule has 2 N–H and O–H groups in total. The zero-order chi connectivity index (χ0) is 13.7. The molecule has 0 aromatic heterocycles. The van der Waals surface area contributed by atoms with Crippen LogP contribution in [0.4, 0.5) is 10.1 Å². The number of fused-ring (bicyclic) bond motifs is 1. The molecule has 0 aliphatic carbocycles. The van der Waals surface area contributed by atoms with E-state index in [1.807, 2.05) is 18.2 Å². The van der Waals surface area contributed by atoms with Crippen molar-refractivity contribution in [2.24, 2.45) is 0 Å². The first kappa shape index (κ1) is 13.2. The summed E-state index contributed by atoms with van der Waals surface area (Å²) in [5.74, 6) is 0.267. The van der Waals surface area contributed by atoms with Crippen molar-refractivity contribution in [3.05, 3.63) is 70.4 Å². The van der Waals surface area contributed by atoms with Crippen molar-refractivity contribution >= 4 is 5.69 Å². The highest BCUT2D eigenvalue weighted by molar-refractivity contribution is 5.54. The molecule has 1 atom stereocenters. The molecule has 0 saturated carbocycles. The zero-order valence-electron chi connectivity index (χ0n) is 10.4. The number of benzene rings is 2. The van der Waals surface area contributed by atoms with Gasteiger partial charge in [-0.05, 0) is 35.7 Å². The summed E-state index contributed by atoms with van der Waals surface area (Å²) in [7, 11) is 0. The molecule has 3 rings (SSSR count). The van der Waals surface area contributed by atoms with Gasteiger partial charge in [0.05, 0.1) is 0 Å². The highest BCUT2D eigenvalue weighted by Gasteiger charge is 2.18. The van der Waals surface area contributed by atoms with Gasteiger partial charge in [-0.2, -0.15) is 4.91 Å². The van der Waals surface area contributed by atoms with Gasteiger partial charge in [0, 0.05) is 18.2 Å². The van der Waals surface area contributed by atoms with Crippen molar-refractivity contribution in [3.63, 3.8) is 0 Å². The molecule has 1 aliphatic heterocycles. The Balaban J connectivity index is 0.000000637. The van der Waals surface area contributed by atoms with Crippen LogP contribution in [-0.2, 0) is 6.42 Å². The second kappa shape index (κ2) is 6.09. The van der Waals surface area contributed by atoms with Gasteiger partial charge in [0.2, 0.25) is 0 Å². The molecular weight excluding hydrogens is 243 g/mol. The summed E-state index contributed by atoms with van der Waals surface area (Å²) >= 11 is 0. The fraction of sp³-hybridized carbons (Fsp3) is 0.200. The lowest BCUT2D eigenvalue weighted by atomic mass is 9.88. The maximum atomic E-state index is 12.9. The summed E-state index contributed by atoms with van der Waals surface area (Å²) in [5.41, 5.74) is 8.27. The molecule has 4 heteroatoms. The number of hydrogen-bond donors (Lipinski definition) is 2. The SMILES string of the molecule is Fc1ccc(C2CNc3ccccc3C2)cc1.N=O. The van der Waals surface area contributed by atoms with E-state index in [1.165, 1.54) is 28.9 Å². The third-order valence-electron chi connectivity index (χ3n) is 3.36. The van der Waals surface area contributed by atoms with Gasteiger partial charge in [0.1, 0.15) is 5.82 Å². The Morgan fingerprint density at radius 2 is 1.74 bits per heavy atom. The van der Waals surface area contributed by atoms with Gasteiger partial charge < -0.3 is 5.32 Å². The molecule has 0 fully saturated rings. The van der Waals surface area contributed by atoms with Gasteiger partial charge in [0.25, 0.3) is 0 Å². The number of rotatable bonds is 1. The normalized spacial score (nSPS) is 16.6. The van der Waals surface area contributed by atoms with Crippen LogP contribution < -0.4 is 5.32 Å². The molecule has 1 heterocycles. The van der Waals surface area contributed by atoms with E-state index in [-0.39, 0.29) is 5.82 Å². The fourth-order valence-electron chi connectivity index (χ4n) is 2.41. The Labute approximate surface area is 111 Å². The molecule has 0 bridgehead atoms. The van der Waals surface area contributed by atoms with E-state index >= 15 is 0 Å². The van der Waals surface area contributed by atoms with Crippen LogP contribution >= 0.6 is 0 Å². The van der Waals surface area contributed by atoms with E-state index in [1.54, 1.807) is 0 Å². The minimum atomic E-state index is -0.169. The molecule has 0 saturated heterocycles. The van der Waals surface area contributed by atoms with E-state index in [2.05, 4.69) is 29.1 Å². The molecular formula is C15H15FN2O. The van der Waals surface area contributed by atoms with Crippen LogP contribution in [0.15, 0.2) is 48.5 Å². The smallest absolute Gasteiger partial charge is 0.123 e. The molecule has 0 radical (unpaired) electrons. The van der Waals surface area contributed by atoms with Gasteiger partial charge in [-0.15, -0.1) is 0 Å². The molecule has 2 aromatic carbocycles. The average Bonchev–Trinajstić information content (AvgIpc) is 2.49. The van der Waals surface area contributed by atoms with Gasteiger partial charge in [-0.1, -0.05) is 35.9 Å². The lowest BCUT2D eigenvalue weighted by Crippen LogP contribution is -2.21. The molecule has 1 unspecified atom stereocenters. The standard InChI is InChI=1S/C15H14FN.HNO/c16-14-7-5-11(6-8-14)13-9-12-3-1-2-4-15(12)17-10-13;1-2/h1-8,13,17H,9-10H2;1H. The molecule has 19 heavy (non-hydrogen) atoms. The number of hydrogen-bond acceptors (Lipinski definition) is 3. The van der Waals surface area contributed by atoms with Crippen LogP contribution in [0.5, 0.6) is 0 Å². The summed E-state index contributed by atoms with van der Waals surface area (Å²) in [6.07, 6.45) is 1.02. The Morgan fingerprint density at radius 3 is 2.47 bits per heavy atom. The monoisotopic (exact) mass is 258 g/mol. The van der Waals surface area contributed by atoms with Crippen LogP contribution in [-0.4, -0.2) is 6.54 Å². The lowest BCUT2D eigenvalue weighted by Gasteiger charge is -2.26. The topological polar surface area (TPSA) is 53.0 Å². The van der Waals surface area contributed by atoms with Crippen molar-refractivity contribution < 1.29 is 4.39 Å². The Hall–Kier alpha value is -2.23. The summed E-state index contributed by atoms with van der Waals surface area (Å²) < 4.78 is 12.9. The molecule has 98 valence electrons. The summed E-state index contributed by atoms with van der Waals surface area (Å²) in [4.78, 5) is 7.50. The van der Waals surface area contributed by atoms with Gasteiger partial charge in [-0.3, -0.25) is 0 Å². The highest BCUT2D eigenvalue weighted by atomic mass is 19.1. The van der Waals surface area contributed by atoms with Crippen LogP contribution in [0.3, 0.4) is 0 Å². The third-order valence-corrected chi connectivity index (χ3v) is 3.36. The first-order valence-corrected chi connectivity index (χ1v) is 6.10. The Morgan fingerprint density at radius 1 is 1.05 bits per heavy atom. The first-order chi connectivity index (χ1) is 9.33. The molecule has 1 aliphatic rings. The van der Waals surface area contributed by atoms with Crippen molar-refractivity contribution in [1.29, 1.82) is 5.59 Å². The number of nitroso groups, excluding NO2 is 1. The third kappa shape index (κ3) is 2.96. The molecule has 0 amide bonds. The van der Waals surface area contributed by atoms with Crippen LogP contribution in [0.25, 0.3) is 0 Å². The molecule has 3 nitrogen and oxygen atoms in total. The largest absolute Gasteiger partial charge is 0.384 e. The second-order valence-electron chi connectivity index (χ2n) is 4.49.